The molecule has 0 N–H and O–H groups in total. The summed E-state index contributed by atoms with van der Waals surface area (Å²) in [5, 5.41) is 0. The minimum absolute atomic E-state index is 0.0291. The van der Waals surface area contributed by atoms with Crippen LogP contribution in [0.5, 0.6) is 11.5 Å². The Kier molecular flexibility index (Phi) is 2.70. The molecule has 0 fully saturated rings. The van der Waals surface area contributed by atoms with Crippen molar-refractivity contribution in [2.45, 2.75) is 13.3 Å². The molecule has 1 aromatic rings. The Hall–Kier alpha value is -0.550. The summed E-state index contributed by atoms with van der Waals surface area (Å²) >= 11 is 7.00. The maximum Gasteiger partial charge on any atom is 0.177 e. The van der Waals surface area contributed by atoms with Crippen LogP contribution in [0.3, 0.4) is 0 Å². The van der Waals surface area contributed by atoms with E-state index in [0.29, 0.717) is 24.7 Å². The molecule has 0 saturated heterocycles. The lowest BCUT2D eigenvalue weighted by molar-refractivity contribution is 0.0945. The lowest BCUT2D eigenvalue weighted by atomic mass is 10.1. The summed E-state index contributed by atoms with van der Waals surface area (Å²) in [5.74, 6) is 1.55. The van der Waals surface area contributed by atoms with Crippen molar-refractivity contribution in [1.29, 1.82) is 0 Å². The van der Waals surface area contributed by atoms with Crippen molar-refractivity contribution in [2.24, 2.45) is 5.92 Å². The minimum atomic E-state index is 0.0291. The third kappa shape index (κ3) is 1.55. The molecule has 0 aromatic heterocycles. The molecule has 0 saturated carbocycles. The average molecular weight is 362 g/mol. The zero-order chi connectivity index (χ0) is 12.2. The molecule has 1 aliphatic heterocycles. The standard InChI is InChI=1S/C12H10Br2O3/c1-5-4-6-7(10(5)15)9(14)12-11(8(6)13)16-2-3-17-12/h5H,2-4H2,1H3. The van der Waals surface area contributed by atoms with Gasteiger partial charge >= 0.3 is 0 Å². The Labute approximate surface area is 116 Å². The van der Waals surface area contributed by atoms with E-state index in [-0.39, 0.29) is 11.7 Å². The van der Waals surface area contributed by atoms with Crippen LogP contribution in [-0.2, 0) is 6.42 Å². The minimum Gasteiger partial charge on any atom is -0.485 e. The van der Waals surface area contributed by atoms with E-state index in [4.69, 9.17) is 9.47 Å². The quantitative estimate of drug-likeness (QED) is 0.710. The molecule has 2 aliphatic rings. The molecule has 90 valence electrons. The number of hydrogen-bond donors (Lipinski definition) is 0. The number of fused-ring (bicyclic) bond motifs is 2. The first-order valence-electron chi connectivity index (χ1n) is 5.45. The van der Waals surface area contributed by atoms with Crippen LogP contribution in [0.4, 0.5) is 0 Å². The SMILES string of the molecule is CC1Cc2c(Br)c3c(c(Br)c2C1=O)OCCO3. The first-order valence-corrected chi connectivity index (χ1v) is 7.03. The molecule has 17 heavy (non-hydrogen) atoms. The third-order valence-corrected chi connectivity index (χ3v) is 4.77. The van der Waals surface area contributed by atoms with Gasteiger partial charge in [-0.05, 0) is 43.8 Å². The highest BCUT2D eigenvalue weighted by molar-refractivity contribution is 9.11. The molecule has 0 amide bonds. The zero-order valence-corrected chi connectivity index (χ0v) is 12.4. The van der Waals surface area contributed by atoms with Gasteiger partial charge < -0.3 is 9.47 Å². The van der Waals surface area contributed by atoms with Crippen molar-refractivity contribution in [3.8, 4) is 11.5 Å². The fraction of sp³-hybridized carbons (Fsp3) is 0.417. The Morgan fingerprint density at radius 2 is 1.71 bits per heavy atom. The molecule has 1 heterocycles. The van der Waals surface area contributed by atoms with Crippen molar-refractivity contribution in [1.82, 2.24) is 0 Å². The van der Waals surface area contributed by atoms with E-state index in [2.05, 4.69) is 31.9 Å². The van der Waals surface area contributed by atoms with Crippen LogP contribution in [0.25, 0.3) is 0 Å². The smallest absolute Gasteiger partial charge is 0.177 e. The molecule has 0 spiro atoms. The summed E-state index contributed by atoms with van der Waals surface area (Å²) in [7, 11) is 0. The van der Waals surface area contributed by atoms with Gasteiger partial charge in [-0.2, -0.15) is 0 Å². The second kappa shape index (κ2) is 3.99. The van der Waals surface area contributed by atoms with Crippen molar-refractivity contribution in [3.05, 3.63) is 20.1 Å². The molecule has 1 unspecified atom stereocenters. The summed E-state index contributed by atoms with van der Waals surface area (Å²) in [6.07, 6.45) is 0.754. The summed E-state index contributed by atoms with van der Waals surface area (Å²) < 4.78 is 12.8. The van der Waals surface area contributed by atoms with Gasteiger partial charge in [-0.25, -0.2) is 0 Å². The Balaban J connectivity index is 2.30. The molecular weight excluding hydrogens is 352 g/mol. The summed E-state index contributed by atoms with van der Waals surface area (Å²) in [4.78, 5) is 12.1. The number of hydrogen-bond acceptors (Lipinski definition) is 3. The van der Waals surface area contributed by atoms with Gasteiger partial charge in [0.15, 0.2) is 17.3 Å². The van der Waals surface area contributed by atoms with Gasteiger partial charge in [-0.15, -0.1) is 0 Å². The van der Waals surface area contributed by atoms with Crippen LogP contribution >= 0.6 is 31.9 Å². The van der Waals surface area contributed by atoms with Crippen LogP contribution in [0.15, 0.2) is 8.95 Å². The maximum atomic E-state index is 12.1. The van der Waals surface area contributed by atoms with Crippen LogP contribution in [0, 0.1) is 5.92 Å². The van der Waals surface area contributed by atoms with Crippen molar-refractivity contribution in [2.75, 3.05) is 13.2 Å². The molecule has 3 rings (SSSR count). The molecule has 1 atom stereocenters. The van der Waals surface area contributed by atoms with Crippen LogP contribution < -0.4 is 9.47 Å². The Bertz CT molecular complexity index is 525. The number of ketones is 1. The highest BCUT2D eigenvalue weighted by Gasteiger charge is 2.36. The Morgan fingerprint density at radius 3 is 2.35 bits per heavy atom. The molecule has 1 aliphatic carbocycles. The van der Waals surface area contributed by atoms with Gasteiger partial charge in [-0.1, -0.05) is 6.92 Å². The van der Waals surface area contributed by atoms with Gasteiger partial charge in [0.25, 0.3) is 0 Å². The van der Waals surface area contributed by atoms with Gasteiger partial charge in [-0.3, -0.25) is 4.79 Å². The van der Waals surface area contributed by atoms with E-state index >= 15 is 0 Å². The molecule has 0 radical (unpaired) electrons. The van der Waals surface area contributed by atoms with Crippen LogP contribution in [-0.4, -0.2) is 19.0 Å². The molecule has 0 bridgehead atoms. The van der Waals surface area contributed by atoms with Crippen molar-refractivity contribution < 1.29 is 14.3 Å². The second-order valence-corrected chi connectivity index (χ2v) is 5.89. The van der Waals surface area contributed by atoms with E-state index in [1.54, 1.807) is 0 Å². The maximum absolute atomic E-state index is 12.1. The number of rotatable bonds is 0. The summed E-state index contributed by atoms with van der Waals surface area (Å²) in [5.41, 5.74) is 1.77. The third-order valence-electron chi connectivity index (χ3n) is 3.17. The largest absolute Gasteiger partial charge is 0.485 e. The monoisotopic (exact) mass is 360 g/mol. The Morgan fingerprint density at radius 1 is 1.12 bits per heavy atom. The number of carbonyl (C=O) groups excluding carboxylic acids is 1. The zero-order valence-electron chi connectivity index (χ0n) is 9.18. The highest BCUT2D eigenvalue weighted by atomic mass is 79.9. The van der Waals surface area contributed by atoms with Crippen molar-refractivity contribution in [3.63, 3.8) is 0 Å². The van der Waals surface area contributed by atoms with E-state index in [0.717, 1.165) is 26.5 Å². The van der Waals surface area contributed by atoms with E-state index in [1.807, 2.05) is 6.92 Å². The average Bonchev–Trinajstić information content (AvgIpc) is 2.64. The molecule has 3 nitrogen and oxygen atoms in total. The van der Waals surface area contributed by atoms with Gasteiger partial charge in [0.2, 0.25) is 0 Å². The van der Waals surface area contributed by atoms with Crippen LogP contribution in [0.2, 0.25) is 0 Å². The number of halogens is 2. The topological polar surface area (TPSA) is 35.5 Å². The van der Waals surface area contributed by atoms with Gasteiger partial charge in [0.05, 0.1) is 8.95 Å². The highest BCUT2D eigenvalue weighted by Crippen LogP contribution is 2.50. The predicted molar refractivity (Wildman–Crippen MR) is 70.0 cm³/mol. The number of carbonyl (C=O) groups is 1. The lowest BCUT2D eigenvalue weighted by Crippen LogP contribution is -2.17. The molecule has 5 heteroatoms. The summed E-state index contributed by atoms with van der Waals surface area (Å²) in [6.45, 7) is 3.00. The normalized spacial score (nSPS) is 21.6. The fourth-order valence-electron chi connectivity index (χ4n) is 2.33. The first-order chi connectivity index (χ1) is 8.11. The summed E-state index contributed by atoms with van der Waals surface area (Å²) in [6, 6.07) is 0. The van der Waals surface area contributed by atoms with Crippen LogP contribution in [0.1, 0.15) is 22.8 Å². The first kappa shape index (κ1) is 11.5. The van der Waals surface area contributed by atoms with E-state index in [1.165, 1.54) is 0 Å². The molecule has 1 aromatic carbocycles. The number of benzene rings is 1. The van der Waals surface area contributed by atoms with E-state index in [9.17, 15) is 4.79 Å². The van der Waals surface area contributed by atoms with E-state index < -0.39 is 0 Å². The molecular formula is C12H10Br2O3. The van der Waals surface area contributed by atoms with Gasteiger partial charge in [0.1, 0.15) is 13.2 Å². The number of ether oxygens (including phenoxy) is 2. The second-order valence-electron chi connectivity index (χ2n) is 4.31. The fourth-order valence-corrected chi connectivity index (χ4v) is 3.72. The lowest BCUT2D eigenvalue weighted by Gasteiger charge is -2.22. The van der Waals surface area contributed by atoms with Gasteiger partial charge in [0, 0.05) is 11.5 Å². The van der Waals surface area contributed by atoms with Crippen molar-refractivity contribution >= 4 is 37.6 Å². The number of Topliss-reactive ketones (excluding diaryl/α,β-unsaturated/α-hetero) is 1. The predicted octanol–water partition coefficient (Wildman–Crippen LogP) is 3.36.